The molecule has 0 aliphatic rings. The maximum atomic E-state index is 12.3. The van der Waals surface area contributed by atoms with Gasteiger partial charge in [0, 0.05) is 18.8 Å². The van der Waals surface area contributed by atoms with Gasteiger partial charge in [-0.15, -0.1) is 0 Å². The first-order chi connectivity index (χ1) is 9.54. The summed E-state index contributed by atoms with van der Waals surface area (Å²) < 4.78 is 1.37. The Kier molecular flexibility index (Phi) is 5.98. The molecule has 0 unspecified atom stereocenters. The van der Waals surface area contributed by atoms with Gasteiger partial charge in [0.15, 0.2) is 0 Å². The number of carbonyl (C=O) groups excluding carboxylic acids is 1. The Hall–Kier alpha value is -2.09. The van der Waals surface area contributed by atoms with Gasteiger partial charge in [0.2, 0.25) is 5.91 Å². The Morgan fingerprint density at radius 3 is 2.40 bits per heavy atom. The second-order valence-corrected chi connectivity index (χ2v) is 4.77. The summed E-state index contributed by atoms with van der Waals surface area (Å²) in [5, 5.41) is 8.89. The van der Waals surface area contributed by atoms with E-state index < -0.39 is 5.56 Å². The highest BCUT2D eigenvalue weighted by atomic mass is 16.2. The van der Waals surface area contributed by atoms with Gasteiger partial charge in [0.25, 0.3) is 5.56 Å². The molecule has 0 N–H and O–H groups in total. The third-order valence-electron chi connectivity index (χ3n) is 3.15. The molecular formula is C15H21N3O2. The number of hydrogen-bond donors (Lipinski definition) is 0. The molecule has 0 spiro atoms. The monoisotopic (exact) mass is 275 g/mol. The average molecular weight is 275 g/mol. The molecule has 5 heteroatoms. The van der Waals surface area contributed by atoms with E-state index in [0.29, 0.717) is 18.8 Å². The van der Waals surface area contributed by atoms with E-state index in [9.17, 15) is 9.59 Å². The minimum absolute atomic E-state index is 0.000185. The van der Waals surface area contributed by atoms with Crippen molar-refractivity contribution in [3.8, 4) is 6.07 Å². The number of hydrogen-bond acceptors (Lipinski definition) is 3. The van der Waals surface area contributed by atoms with E-state index in [1.54, 1.807) is 17.9 Å². The van der Waals surface area contributed by atoms with Gasteiger partial charge in [-0.05, 0) is 31.9 Å². The number of nitriles is 1. The van der Waals surface area contributed by atoms with Gasteiger partial charge in [-0.25, -0.2) is 0 Å². The van der Waals surface area contributed by atoms with Crippen molar-refractivity contribution in [1.82, 2.24) is 9.47 Å². The summed E-state index contributed by atoms with van der Waals surface area (Å²) in [6.45, 7) is 7.18. The van der Waals surface area contributed by atoms with Crippen molar-refractivity contribution in [2.45, 2.75) is 40.2 Å². The van der Waals surface area contributed by atoms with Crippen LogP contribution in [0.25, 0.3) is 0 Å². The Balaban J connectivity index is 3.01. The van der Waals surface area contributed by atoms with E-state index in [2.05, 4.69) is 0 Å². The van der Waals surface area contributed by atoms with E-state index in [1.807, 2.05) is 19.9 Å². The molecule has 1 aromatic heterocycles. The Labute approximate surface area is 119 Å². The summed E-state index contributed by atoms with van der Waals surface area (Å²) in [5.41, 5.74) is 0.366. The van der Waals surface area contributed by atoms with Crippen LogP contribution in [0.4, 0.5) is 0 Å². The minimum Gasteiger partial charge on any atom is -0.341 e. The molecule has 1 heterocycles. The second kappa shape index (κ2) is 7.49. The SMILES string of the molecule is CCCN(CCC)C(=O)Cn1c(C)ccc(C#N)c1=O. The molecule has 0 saturated carbocycles. The number of aromatic nitrogens is 1. The van der Waals surface area contributed by atoms with Gasteiger partial charge in [-0.2, -0.15) is 5.26 Å². The molecule has 1 aromatic rings. The number of rotatable bonds is 6. The van der Waals surface area contributed by atoms with E-state index >= 15 is 0 Å². The topological polar surface area (TPSA) is 66.1 Å². The number of aryl methyl sites for hydroxylation is 1. The lowest BCUT2D eigenvalue weighted by molar-refractivity contribution is -0.132. The average Bonchev–Trinajstić information content (AvgIpc) is 2.43. The van der Waals surface area contributed by atoms with E-state index in [0.717, 1.165) is 12.8 Å². The molecular weight excluding hydrogens is 254 g/mol. The fourth-order valence-corrected chi connectivity index (χ4v) is 2.09. The highest BCUT2D eigenvalue weighted by Gasteiger charge is 2.15. The summed E-state index contributed by atoms with van der Waals surface area (Å²) >= 11 is 0. The lowest BCUT2D eigenvalue weighted by Crippen LogP contribution is -2.38. The van der Waals surface area contributed by atoms with Crippen molar-refractivity contribution in [2.75, 3.05) is 13.1 Å². The largest absolute Gasteiger partial charge is 0.341 e. The predicted octanol–water partition coefficient (Wildman–Crippen LogP) is 1.68. The molecule has 0 aliphatic carbocycles. The normalized spacial score (nSPS) is 10.1. The zero-order valence-electron chi connectivity index (χ0n) is 12.3. The molecule has 0 fully saturated rings. The minimum atomic E-state index is -0.395. The van der Waals surface area contributed by atoms with Crippen LogP contribution in [0.2, 0.25) is 0 Å². The molecule has 0 bridgehead atoms. The van der Waals surface area contributed by atoms with Crippen LogP contribution in [0.3, 0.4) is 0 Å². The maximum Gasteiger partial charge on any atom is 0.269 e. The molecule has 0 saturated heterocycles. The molecule has 108 valence electrons. The van der Waals surface area contributed by atoms with Crippen molar-refractivity contribution >= 4 is 5.91 Å². The third kappa shape index (κ3) is 3.70. The number of pyridine rings is 1. The van der Waals surface area contributed by atoms with Gasteiger partial charge in [-0.3, -0.25) is 9.59 Å². The molecule has 0 aliphatic heterocycles. The molecule has 0 radical (unpaired) electrons. The standard InChI is InChI=1S/C15H21N3O2/c1-4-8-17(9-5-2)14(19)11-18-12(3)6-7-13(10-16)15(18)20/h6-7H,4-5,8-9,11H2,1-3H3. The molecule has 0 atom stereocenters. The lowest BCUT2D eigenvalue weighted by atomic mass is 10.2. The first kappa shape index (κ1) is 16.0. The fourth-order valence-electron chi connectivity index (χ4n) is 2.09. The summed E-state index contributed by atoms with van der Waals surface area (Å²) in [5.74, 6) is -0.0750. The van der Waals surface area contributed by atoms with Gasteiger partial charge >= 0.3 is 0 Å². The number of nitrogens with zero attached hydrogens (tertiary/aromatic N) is 3. The summed E-state index contributed by atoms with van der Waals surface area (Å²) in [4.78, 5) is 26.1. The highest BCUT2D eigenvalue weighted by molar-refractivity contribution is 5.76. The zero-order chi connectivity index (χ0) is 15.1. The van der Waals surface area contributed by atoms with Crippen molar-refractivity contribution in [2.24, 2.45) is 0 Å². The molecule has 5 nitrogen and oxygen atoms in total. The maximum absolute atomic E-state index is 12.3. The second-order valence-electron chi connectivity index (χ2n) is 4.77. The van der Waals surface area contributed by atoms with Crippen molar-refractivity contribution in [3.63, 3.8) is 0 Å². The van der Waals surface area contributed by atoms with E-state index in [-0.39, 0.29) is 18.0 Å². The van der Waals surface area contributed by atoms with Crippen LogP contribution in [-0.4, -0.2) is 28.5 Å². The van der Waals surface area contributed by atoms with E-state index in [4.69, 9.17) is 5.26 Å². The van der Waals surface area contributed by atoms with Crippen molar-refractivity contribution < 1.29 is 4.79 Å². The molecule has 0 aromatic carbocycles. The molecule has 1 amide bonds. The molecule has 1 rings (SSSR count). The van der Waals surface area contributed by atoms with Gasteiger partial charge < -0.3 is 9.47 Å². The smallest absolute Gasteiger partial charge is 0.269 e. The predicted molar refractivity (Wildman–Crippen MR) is 77.3 cm³/mol. The Morgan fingerprint density at radius 1 is 1.30 bits per heavy atom. The van der Waals surface area contributed by atoms with Crippen LogP contribution in [-0.2, 0) is 11.3 Å². The van der Waals surface area contributed by atoms with Crippen LogP contribution in [0.1, 0.15) is 37.9 Å². The number of carbonyl (C=O) groups is 1. The summed E-state index contributed by atoms with van der Waals surface area (Å²) in [6, 6.07) is 5.04. The zero-order valence-corrected chi connectivity index (χ0v) is 12.3. The third-order valence-corrected chi connectivity index (χ3v) is 3.15. The quantitative estimate of drug-likeness (QED) is 0.793. The number of amides is 1. The van der Waals surface area contributed by atoms with Crippen LogP contribution in [0.5, 0.6) is 0 Å². The Morgan fingerprint density at radius 2 is 1.90 bits per heavy atom. The first-order valence-corrected chi connectivity index (χ1v) is 6.93. The van der Waals surface area contributed by atoms with E-state index in [1.165, 1.54) is 10.6 Å². The van der Waals surface area contributed by atoms with Gasteiger partial charge in [-0.1, -0.05) is 13.8 Å². The lowest BCUT2D eigenvalue weighted by Gasteiger charge is -2.22. The highest BCUT2D eigenvalue weighted by Crippen LogP contribution is 2.01. The van der Waals surface area contributed by atoms with Crippen molar-refractivity contribution in [3.05, 3.63) is 33.7 Å². The van der Waals surface area contributed by atoms with Crippen LogP contribution in [0.15, 0.2) is 16.9 Å². The summed E-state index contributed by atoms with van der Waals surface area (Å²) in [6.07, 6.45) is 1.77. The fraction of sp³-hybridized carbons (Fsp3) is 0.533. The van der Waals surface area contributed by atoms with Gasteiger partial charge in [0.1, 0.15) is 18.2 Å². The van der Waals surface area contributed by atoms with Crippen LogP contribution >= 0.6 is 0 Å². The first-order valence-electron chi connectivity index (χ1n) is 6.93. The molecule has 20 heavy (non-hydrogen) atoms. The van der Waals surface area contributed by atoms with Crippen LogP contribution < -0.4 is 5.56 Å². The Bertz CT molecular complexity index is 563. The van der Waals surface area contributed by atoms with Crippen LogP contribution in [0, 0.1) is 18.3 Å². The van der Waals surface area contributed by atoms with Gasteiger partial charge in [0.05, 0.1) is 0 Å². The van der Waals surface area contributed by atoms with Crippen molar-refractivity contribution in [1.29, 1.82) is 5.26 Å². The summed E-state index contributed by atoms with van der Waals surface area (Å²) in [7, 11) is 0.